The van der Waals surface area contributed by atoms with Crippen molar-refractivity contribution in [3.05, 3.63) is 11.8 Å². The summed E-state index contributed by atoms with van der Waals surface area (Å²) in [7, 11) is 0. The minimum absolute atomic E-state index is 0.239. The summed E-state index contributed by atoms with van der Waals surface area (Å²) in [6.07, 6.45) is 0.542. The summed E-state index contributed by atoms with van der Waals surface area (Å²) in [6.45, 7) is 4.89. The van der Waals surface area contributed by atoms with E-state index in [9.17, 15) is 4.79 Å². The summed E-state index contributed by atoms with van der Waals surface area (Å²) in [4.78, 5) is 11.9. The lowest BCUT2D eigenvalue weighted by Gasteiger charge is -2.19. The standard InChI is InChI=1S/C11H18N4O2/c1-7(2)8-5-9(15-14-8)13-10(16)11(12)3-4-17-6-11/h5,7H,3-4,6,12H2,1-2H3,(H2,13,14,15,16). The Kier molecular flexibility index (Phi) is 3.17. The summed E-state index contributed by atoms with van der Waals surface area (Å²) in [5, 5.41) is 9.62. The van der Waals surface area contributed by atoms with Gasteiger partial charge in [0.1, 0.15) is 5.54 Å². The number of carbonyl (C=O) groups is 1. The van der Waals surface area contributed by atoms with Gasteiger partial charge in [-0.05, 0) is 12.3 Å². The first kappa shape index (κ1) is 12.1. The fourth-order valence-corrected chi connectivity index (χ4v) is 1.70. The molecule has 0 saturated carbocycles. The van der Waals surface area contributed by atoms with E-state index < -0.39 is 5.54 Å². The van der Waals surface area contributed by atoms with Gasteiger partial charge >= 0.3 is 0 Å². The second kappa shape index (κ2) is 4.46. The van der Waals surface area contributed by atoms with Crippen molar-refractivity contribution in [2.24, 2.45) is 5.73 Å². The third kappa shape index (κ3) is 2.48. The highest BCUT2D eigenvalue weighted by molar-refractivity contribution is 5.97. The van der Waals surface area contributed by atoms with Gasteiger partial charge in [0.2, 0.25) is 5.91 Å². The summed E-state index contributed by atoms with van der Waals surface area (Å²) in [5.74, 6) is 0.613. The molecule has 4 N–H and O–H groups in total. The van der Waals surface area contributed by atoms with Crippen LogP contribution in [0.1, 0.15) is 31.9 Å². The lowest BCUT2D eigenvalue weighted by atomic mass is 9.99. The minimum Gasteiger partial charge on any atom is -0.379 e. The Bertz CT molecular complexity index is 407. The van der Waals surface area contributed by atoms with Crippen molar-refractivity contribution in [2.75, 3.05) is 18.5 Å². The van der Waals surface area contributed by atoms with E-state index in [1.54, 1.807) is 0 Å². The van der Waals surface area contributed by atoms with Crippen LogP contribution in [0.3, 0.4) is 0 Å². The third-order valence-electron chi connectivity index (χ3n) is 2.97. The first-order valence-corrected chi connectivity index (χ1v) is 5.75. The summed E-state index contributed by atoms with van der Waals surface area (Å²) < 4.78 is 5.15. The SMILES string of the molecule is CC(C)c1cc(NC(=O)C2(N)CCOC2)n[nH]1. The molecule has 1 unspecified atom stereocenters. The molecule has 17 heavy (non-hydrogen) atoms. The number of rotatable bonds is 3. The van der Waals surface area contributed by atoms with Crippen molar-refractivity contribution in [1.29, 1.82) is 0 Å². The number of amides is 1. The summed E-state index contributed by atoms with van der Waals surface area (Å²) >= 11 is 0. The molecule has 1 fully saturated rings. The molecule has 0 aromatic carbocycles. The molecule has 1 saturated heterocycles. The number of H-pyrrole nitrogens is 1. The number of aromatic nitrogens is 2. The molecule has 1 aliphatic rings. The molecule has 2 rings (SSSR count). The van der Waals surface area contributed by atoms with Crippen molar-refractivity contribution in [2.45, 2.75) is 31.7 Å². The zero-order valence-corrected chi connectivity index (χ0v) is 10.1. The second-order valence-corrected chi connectivity index (χ2v) is 4.78. The highest BCUT2D eigenvalue weighted by Crippen LogP contribution is 2.19. The van der Waals surface area contributed by atoms with Gasteiger partial charge in [0, 0.05) is 18.4 Å². The van der Waals surface area contributed by atoms with E-state index in [1.807, 2.05) is 19.9 Å². The number of nitrogens with two attached hydrogens (primary N) is 1. The van der Waals surface area contributed by atoms with Gasteiger partial charge in [0.25, 0.3) is 0 Å². The Morgan fingerprint density at radius 1 is 1.71 bits per heavy atom. The van der Waals surface area contributed by atoms with Crippen LogP contribution in [0.4, 0.5) is 5.82 Å². The Labute approximate surface area is 99.9 Å². The van der Waals surface area contributed by atoms with Crippen LogP contribution in [-0.4, -0.2) is 34.9 Å². The molecule has 1 aliphatic heterocycles. The highest BCUT2D eigenvalue weighted by atomic mass is 16.5. The Hall–Kier alpha value is -1.40. The smallest absolute Gasteiger partial charge is 0.248 e. The molecule has 0 spiro atoms. The average molecular weight is 238 g/mol. The average Bonchev–Trinajstić information content (AvgIpc) is 2.88. The predicted molar refractivity (Wildman–Crippen MR) is 63.7 cm³/mol. The van der Waals surface area contributed by atoms with Gasteiger partial charge in [-0.15, -0.1) is 0 Å². The number of nitrogens with zero attached hydrogens (tertiary/aromatic N) is 1. The first-order valence-electron chi connectivity index (χ1n) is 5.75. The van der Waals surface area contributed by atoms with Crippen LogP contribution in [0, 0.1) is 0 Å². The molecule has 2 heterocycles. The summed E-state index contributed by atoms with van der Waals surface area (Å²) in [5.41, 5.74) is 6.00. The molecule has 1 aromatic rings. The highest BCUT2D eigenvalue weighted by Gasteiger charge is 2.38. The van der Waals surface area contributed by atoms with Gasteiger partial charge in [-0.3, -0.25) is 9.89 Å². The lowest BCUT2D eigenvalue weighted by Crippen LogP contribution is -2.51. The number of nitrogens with one attached hydrogen (secondary N) is 2. The molecule has 0 bridgehead atoms. The van der Waals surface area contributed by atoms with E-state index in [2.05, 4.69) is 15.5 Å². The second-order valence-electron chi connectivity index (χ2n) is 4.78. The van der Waals surface area contributed by atoms with Gasteiger partial charge in [0.05, 0.1) is 6.61 Å². The molecule has 6 nitrogen and oxygen atoms in total. The van der Waals surface area contributed by atoms with Crippen molar-refractivity contribution in [3.63, 3.8) is 0 Å². The quantitative estimate of drug-likeness (QED) is 0.718. The van der Waals surface area contributed by atoms with Crippen LogP contribution in [0.5, 0.6) is 0 Å². The first-order chi connectivity index (χ1) is 8.01. The largest absolute Gasteiger partial charge is 0.379 e. The molecule has 1 aromatic heterocycles. The summed E-state index contributed by atoms with van der Waals surface area (Å²) in [6, 6.07) is 1.82. The van der Waals surface area contributed by atoms with E-state index >= 15 is 0 Å². The number of carbonyl (C=O) groups excluding carboxylic acids is 1. The number of hydrogen-bond acceptors (Lipinski definition) is 4. The molecule has 0 radical (unpaired) electrons. The molecule has 94 valence electrons. The molecule has 1 atom stereocenters. The van der Waals surface area contributed by atoms with Gasteiger partial charge < -0.3 is 15.8 Å². The lowest BCUT2D eigenvalue weighted by molar-refractivity contribution is -0.121. The van der Waals surface area contributed by atoms with E-state index in [1.165, 1.54) is 0 Å². The predicted octanol–water partition coefficient (Wildman–Crippen LogP) is 0.589. The number of anilines is 1. The molecular formula is C11H18N4O2. The van der Waals surface area contributed by atoms with Gasteiger partial charge in [0.15, 0.2) is 5.82 Å². The van der Waals surface area contributed by atoms with E-state index in [4.69, 9.17) is 10.5 Å². The monoisotopic (exact) mass is 238 g/mol. The van der Waals surface area contributed by atoms with Crippen molar-refractivity contribution in [3.8, 4) is 0 Å². The van der Waals surface area contributed by atoms with E-state index in [0.717, 1.165) is 5.69 Å². The van der Waals surface area contributed by atoms with Gasteiger partial charge in [-0.1, -0.05) is 13.8 Å². The van der Waals surface area contributed by atoms with Crippen LogP contribution in [-0.2, 0) is 9.53 Å². The maximum absolute atomic E-state index is 11.9. The maximum Gasteiger partial charge on any atom is 0.248 e. The molecule has 6 heteroatoms. The Balaban J connectivity index is 2.02. The fraction of sp³-hybridized carbons (Fsp3) is 0.636. The van der Waals surface area contributed by atoms with Gasteiger partial charge in [-0.25, -0.2) is 0 Å². The number of ether oxygens (including phenoxy) is 1. The topological polar surface area (TPSA) is 93.0 Å². The minimum atomic E-state index is -0.920. The van der Waals surface area contributed by atoms with Gasteiger partial charge in [-0.2, -0.15) is 5.10 Å². The van der Waals surface area contributed by atoms with Crippen LogP contribution >= 0.6 is 0 Å². The molecule has 1 amide bonds. The van der Waals surface area contributed by atoms with Crippen molar-refractivity contribution in [1.82, 2.24) is 10.2 Å². The van der Waals surface area contributed by atoms with Crippen LogP contribution in [0.15, 0.2) is 6.07 Å². The van der Waals surface area contributed by atoms with Crippen LogP contribution < -0.4 is 11.1 Å². The van der Waals surface area contributed by atoms with Crippen LogP contribution in [0.25, 0.3) is 0 Å². The zero-order chi connectivity index (χ0) is 12.5. The van der Waals surface area contributed by atoms with E-state index in [-0.39, 0.29) is 12.5 Å². The number of aromatic amines is 1. The van der Waals surface area contributed by atoms with Crippen molar-refractivity contribution >= 4 is 11.7 Å². The third-order valence-corrected chi connectivity index (χ3v) is 2.97. The molecule has 0 aliphatic carbocycles. The number of hydrogen-bond donors (Lipinski definition) is 3. The Morgan fingerprint density at radius 2 is 2.47 bits per heavy atom. The van der Waals surface area contributed by atoms with Crippen LogP contribution in [0.2, 0.25) is 0 Å². The van der Waals surface area contributed by atoms with Crippen molar-refractivity contribution < 1.29 is 9.53 Å². The molecular weight excluding hydrogens is 220 g/mol. The van der Waals surface area contributed by atoms with E-state index in [0.29, 0.717) is 24.8 Å². The normalized spacial score (nSPS) is 24.2. The zero-order valence-electron chi connectivity index (χ0n) is 10.1. The Morgan fingerprint density at radius 3 is 3.00 bits per heavy atom. The maximum atomic E-state index is 11.9. The fourth-order valence-electron chi connectivity index (χ4n) is 1.70.